The van der Waals surface area contributed by atoms with Crippen LogP contribution >= 0.6 is 11.3 Å². The molecule has 88 valence electrons. The molecule has 0 saturated carbocycles. The van der Waals surface area contributed by atoms with Gasteiger partial charge >= 0.3 is 5.97 Å². The van der Waals surface area contributed by atoms with Crippen LogP contribution in [0.25, 0.3) is 10.4 Å². The average molecular weight is 246 g/mol. The van der Waals surface area contributed by atoms with Gasteiger partial charge in [-0.3, -0.25) is 0 Å². The van der Waals surface area contributed by atoms with E-state index < -0.39 is 5.97 Å². The SMILES string of the molecule is CC(C)c1ccc(-c2ccc(C(=O)O)s2)cc1. The summed E-state index contributed by atoms with van der Waals surface area (Å²) in [5.74, 6) is -0.345. The molecule has 1 aromatic heterocycles. The van der Waals surface area contributed by atoms with E-state index >= 15 is 0 Å². The van der Waals surface area contributed by atoms with Crippen molar-refractivity contribution in [2.45, 2.75) is 19.8 Å². The highest BCUT2D eigenvalue weighted by Gasteiger charge is 2.08. The summed E-state index contributed by atoms with van der Waals surface area (Å²) in [5.41, 5.74) is 2.37. The molecule has 0 unspecified atom stereocenters. The van der Waals surface area contributed by atoms with Crippen LogP contribution in [0.2, 0.25) is 0 Å². The molecule has 0 bridgehead atoms. The van der Waals surface area contributed by atoms with Gasteiger partial charge in [0.25, 0.3) is 0 Å². The lowest BCUT2D eigenvalue weighted by molar-refractivity contribution is 0.0702. The predicted molar refractivity (Wildman–Crippen MR) is 70.8 cm³/mol. The van der Waals surface area contributed by atoms with Gasteiger partial charge in [-0.15, -0.1) is 11.3 Å². The number of aromatic carboxylic acids is 1. The molecule has 0 atom stereocenters. The summed E-state index contributed by atoms with van der Waals surface area (Å²) in [6, 6.07) is 11.8. The molecule has 17 heavy (non-hydrogen) atoms. The Labute approximate surface area is 105 Å². The molecule has 0 aliphatic rings. The number of carboxylic acid groups (broad SMARTS) is 1. The number of hydrogen-bond donors (Lipinski definition) is 1. The maximum absolute atomic E-state index is 10.8. The minimum Gasteiger partial charge on any atom is -0.477 e. The van der Waals surface area contributed by atoms with Gasteiger partial charge in [-0.1, -0.05) is 38.1 Å². The molecule has 0 amide bonds. The molecule has 0 radical (unpaired) electrons. The van der Waals surface area contributed by atoms with E-state index in [2.05, 4.69) is 26.0 Å². The third-order valence-corrected chi connectivity index (χ3v) is 3.80. The van der Waals surface area contributed by atoms with E-state index in [1.165, 1.54) is 16.9 Å². The van der Waals surface area contributed by atoms with Gasteiger partial charge in [0.2, 0.25) is 0 Å². The Bertz CT molecular complexity index is 523. The maximum atomic E-state index is 10.8. The van der Waals surface area contributed by atoms with E-state index in [1.54, 1.807) is 6.07 Å². The minimum atomic E-state index is -0.861. The molecule has 0 spiro atoms. The van der Waals surface area contributed by atoms with Crippen molar-refractivity contribution in [3.8, 4) is 10.4 Å². The lowest BCUT2D eigenvalue weighted by atomic mass is 10.0. The summed E-state index contributed by atoms with van der Waals surface area (Å²) in [4.78, 5) is 12.2. The molecule has 2 rings (SSSR count). The Morgan fingerprint density at radius 3 is 2.24 bits per heavy atom. The number of thiophene rings is 1. The quantitative estimate of drug-likeness (QED) is 0.879. The zero-order chi connectivity index (χ0) is 12.4. The number of carbonyl (C=O) groups is 1. The van der Waals surface area contributed by atoms with Crippen LogP contribution < -0.4 is 0 Å². The van der Waals surface area contributed by atoms with E-state index in [9.17, 15) is 4.79 Å². The van der Waals surface area contributed by atoms with Gasteiger partial charge < -0.3 is 5.11 Å². The van der Waals surface area contributed by atoms with Gasteiger partial charge in [-0.05, 0) is 29.2 Å². The second-order valence-electron chi connectivity index (χ2n) is 4.25. The van der Waals surface area contributed by atoms with Gasteiger partial charge in [-0.25, -0.2) is 4.79 Å². The summed E-state index contributed by atoms with van der Waals surface area (Å²) in [6.07, 6.45) is 0. The zero-order valence-electron chi connectivity index (χ0n) is 9.81. The zero-order valence-corrected chi connectivity index (χ0v) is 10.6. The van der Waals surface area contributed by atoms with Gasteiger partial charge in [-0.2, -0.15) is 0 Å². The standard InChI is InChI=1S/C14H14O2S/c1-9(2)10-3-5-11(6-4-10)12-7-8-13(17-12)14(15)16/h3-9H,1-2H3,(H,15,16). The number of carboxylic acids is 1. The highest BCUT2D eigenvalue weighted by atomic mass is 32.1. The molecule has 0 aliphatic carbocycles. The van der Waals surface area contributed by atoms with Crippen LogP contribution in [0.4, 0.5) is 0 Å². The van der Waals surface area contributed by atoms with Crippen molar-refractivity contribution in [1.29, 1.82) is 0 Å². The first-order valence-electron chi connectivity index (χ1n) is 5.51. The molecular weight excluding hydrogens is 232 g/mol. The van der Waals surface area contributed by atoms with Crippen molar-refractivity contribution in [1.82, 2.24) is 0 Å². The van der Waals surface area contributed by atoms with Crippen LogP contribution in [0, 0.1) is 0 Å². The normalized spacial score (nSPS) is 10.8. The van der Waals surface area contributed by atoms with E-state index in [4.69, 9.17) is 5.11 Å². The fraction of sp³-hybridized carbons (Fsp3) is 0.214. The minimum absolute atomic E-state index is 0.382. The largest absolute Gasteiger partial charge is 0.477 e. The first-order chi connectivity index (χ1) is 8.08. The third kappa shape index (κ3) is 2.56. The van der Waals surface area contributed by atoms with Crippen molar-refractivity contribution in [3.05, 3.63) is 46.8 Å². The molecule has 1 heterocycles. The molecule has 1 N–H and O–H groups in total. The van der Waals surface area contributed by atoms with Crippen molar-refractivity contribution in [2.75, 3.05) is 0 Å². The van der Waals surface area contributed by atoms with E-state index in [0.717, 1.165) is 10.4 Å². The lowest BCUT2D eigenvalue weighted by Gasteiger charge is -2.05. The Morgan fingerprint density at radius 1 is 1.12 bits per heavy atom. The van der Waals surface area contributed by atoms with Crippen molar-refractivity contribution in [2.24, 2.45) is 0 Å². The average Bonchev–Trinajstić information content (AvgIpc) is 2.78. The summed E-state index contributed by atoms with van der Waals surface area (Å²) in [7, 11) is 0. The molecule has 0 aliphatic heterocycles. The monoisotopic (exact) mass is 246 g/mol. The summed E-state index contributed by atoms with van der Waals surface area (Å²) < 4.78 is 0. The summed E-state index contributed by atoms with van der Waals surface area (Å²) in [6.45, 7) is 4.31. The fourth-order valence-electron chi connectivity index (χ4n) is 1.64. The first kappa shape index (κ1) is 11.9. The van der Waals surface area contributed by atoms with Crippen LogP contribution in [0.1, 0.15) is 35.0 Å². The smallest absolute Gasteiger partial charge is 0.345 e. The lowest BCUT2D eigenvalue weighted by Crippen LogP contribution is -1.89. The predicted octanol–water partition coefficient (Wildman–Crippen LogP) is 4.24. The maximum Gasteiger partial charge on any atom is 0.345 e. The Balaban J connectivity index is 2.30. The Hall–Kier alpha value is -1.61. The number of rotatable bonds is 3. The second-order valence-corrected chi connectivity index (χ2v) is 5.33. The highest BCUT2D eigenvalue weighted by molar-refractivity contribution is 7.17. The van der Waals surface area contributed by atoms with Gasteiger partial charge in [0.15, 0.2) is 0 Å². The third-order valence-electron chi connectivity index (χ3n) is 2.68. The van der Waals surface area contributed by atoms with Crippen molar-refractivity contribution in [3.63, 3.8) is 0 Å². The molecule has 2 aromatic rings. The van der Waals surface area contributed by atoms with Crippen molar-refractivity contribution < 1.29 is 9.90 Å². The molecule has 2 nitrogen and oxygen atoms in total. The highest BCUT2D eigenvalue weighted by Crippen LogP contribution is 2.29. The van der Waals surface area contributed by atoms with E-state index in [1.807, 2.05) is 18.2 Å². The van der Waals surface area contributed by atoms with Crippen LogP contribution in [0.5, 0.6) is 0 Å². The van der Waals surface area contributed by atoms with Crippen LogP contribution in [0.3, 0.4) is 0 Å². The Kier molecular flexibility index (Phi) is 3.29. The van der Waals surface area contributed by atoms with Crippen molar-refractivity contribution >= 4 is 17.3 Å². The molecule has 0 fully saturated rings. The molecular formula is C14H14O2S. The fourth-order valence-corrected chi connectivity index (χ4v) is 2.49. The van der Waals surface area contributed by atoms with Crippen LogP contribution in [-0.4, -0.2) is 11.1 Å². The topological polar surface area (TPSA) is 37.3 Å². The molecule has 3 heteroatoms. The van der Waals surface area contributed by atoms with E-state index in [0.29, 0.717) is 10.8 Å². The Morgan fingerprint density at radius 2 is 1.76 bits per heavy atom. The van der Waals surface area contributed by atoms with Crippen LogP contribution in [0.15, 0.2) is 36.4 Å². The number of benzene rings is 1. The second kappa shape index (κ2) is 4.72. The summed E-state index contributed by atoms with van der Waals surface area (Å²) in [5, 5.41) is 8.87. The van der Waals surface area contributed by atoms with Gasteiger partial charge in [0, 0.05) is 4.88 Å². The summed E-state index contributed by atoms with van der Waals surface area (Å²) >= 11 is 1.31. The van der Waals surface area contributed by atoms with Crippen LogP contribution in [-0.2, 0) is 0 Å². The van der Waals surface area contributed by atoms with Gasteiger partial charge in [0.05, 0.1) is 0 Å². The number of hydrogen-bond acceptors (Lipinski definition) is 2. The molecule has 0 saturated heterocycles. The molecule has 1 aromatic carbocycles. The first-order valence-corrected chi connectivity index (χ1v) is 6.33. The van der Waals surface area contributed by atoms with Gasteiger partial charge in [0.1, 0.15) is 4.88 Å². The van der Waals surface area contributed by atoms with E-state index in [-0.39, 0.29) is 0 Å².